The Kier molecular flexibility index (Phi) is 6.87. The number of carbonyl (C=O) groups excluding carboxylic acids is 1. The summed E-state index contributed by atoms with van der Waals surface area (Å²) in [5, 5.41) is 2.96. The molecule has 0 spiro atoms. The highest BCUT2D eigenvalue weighted by atomic mass is 19.3. The van der Waals surface area contributed by atoms with Crippen LogP contribution in [-0.2, 0) is 9.53 Å². The summed E-state index contributed by atoms with van der Waals surface area (Å²) in [7, 11) is 1.28. The smallest absolute Gasteiger partial charge is 0.387 e. The number of ether oxygens (including phenoxy) is 3. The number of methoxy groups -OCH3 is 1. The minimum absolute atomic E-state index is 0.0734. The second-order valence-electron chi connectivity index (χ2n) is 4.03. The van der Waals surface area contributed by atoms with Crippen LogP contribution in [-0.4, -0.2) is 32.8 Å². The van der Waals surface area contributed by atoms with Crippen molar-refractivity contribution in [2.75, 3.05) is 20.3 Å². The van der Waals surface area contributed by atoms with Crippen molar-refractivity contribution < 1.29 is 27.8 Å². The quantitative estimate of drug-likeness (QED) is 0.748. The van der Waals surface area contributed by atoms with Crippen molar-refractivity contribution in [3.05, 3.63) is 23.8 Å². The van der Waals surface area contributed by atoms with Gasteiger partial charge in [0.2, 0.25) is 0 Å². The summed E-state index contributed by atoms with van der Waals surface area (Å²) < 4.78 is 39.1. The van der Waals surface area contributed by atoms with E-state index in [2.05, 4.69) is 10.1 Å². The number of alkyl halides is 2. The number of carbonyl (C=O) groups is 1. The van der Waals surface area contributed by atoms with Crippen LogP contribution in [0.3, 0.4) is 0 Å². The molecule has 1 N–H and O–H groups in total. The number of hydrogen-bond donors (Lipinski definition) is 1. The molecule has 0 bridgehead atoms. The molecule has 1 aromatic rings. The molecule has 0 aliphatic rings. The fraction of sp³-hybridized carbons (Fsp3) is 0.500. The lowest BCUT2D eigenvalue weighted by molar-refractivity contribution is -0.143. The third-order valence-corrected chi connectivity index (χ3v) is 2.66. The molecule has 1 atom stereocenters. The van der Waals surface area contributed by atoms with E-state index < -0.39 is 18.6 Å². The summed E-state index contributed by atoms with van der Waals surface area (Å²) in [6, 6.07) is 3.66. The van der Waals surface area contributed by atoms with Gasteiger partial charge in [-0.1, -0.05) is 13.0 Å². The van der Waals surface area contributed by atoms with Crippen LogP contribution in [0.25, 0.3) is 0 Å². The molecule has 1 rings (SSSR count). The molecule has 0 saturated heterocycles. The first-order chi connectivity index (χ1) is 10.0. The molecule has 0 aliphatic heterocycles. The van der Waals surface area contributed by atoms with E-state index in [0.717, 1.165) is 0 Å². The van der Waals surface area contributed by atoms with Crippen LogP contribution in [0.1, 0.15) is 25.5 Å². The number of nitrogens with one attached hydrogen (secondary N) is 1. The maximum atomic E-state index is 12.3. The average molecular weight is 303 g/mol. The van der Waals surface area contributed by atoms with Gasteiger partial charge in [0.15, 0.2) is 11.5 Å². The van der Waals surface area contributed by atoms with Gasteiger partial charge in [0.25, 0.3) is 0 Å². The van der Waals surface area contributed by atoms with Crippen LogP contribution in [0.4, 0.5) is 8.78 Å². The van der Waals surface area contributed by atoms with Crippen LogP contribution in [0.5, 0.6) is 11.5 Å². The second kappa shape index (κ2) is 8.41. The summed E-state index contributed by atoms with van der Waals surface area (Å²) in [4.78, 5) is 11.8. The van der Waals surface area contributed by atoms with E-state index in [1.807, 2.05) is 6.92 Å². The highest BCUT2D eigenvalue weighted by molar-refractivity contribution is 5.77. The zero-order chi connectivity index (χ0) is 15.8. The van der Waals surface area contributed by atoms with E-state index >= 15 is 0 Å². The maximum absolute atomic E-state index is 12.3. The number of esters is 1. The molecule has 0 amide bonds. The van der Waals surface area contributed by atoms with Crippen molar-refractivity contribution >= 4 is 5.97 Å². The SMILES string of the molecule is CCNC(C(=O)OC)c1ccc(OC(F)F)c(OCC)c1. The van der Waals surface area contributed by atoms with Gasteiger partial charge >= 0.3 is 12.6 Å². The third kappa shape index (κ3) is 4.86. The largest absolute Gasteiger partial charge is 0.490 e. The highest BCUT2D eigenvalue weighted by Gasteiger charge is 2.22. The monoisotopic (exact) mass is 303 g/mol. The lowest BCUT2D eigenvalue weighted by Crippen LogP contribution is -2.29. The molecule has 0 saturated carbocycles. The lowest BCUT2D eigenvalue weighted by Gasteiger charge is -2.18. The summed E-state index contributed by atoms with van der Waals surface area (Å²) in [5.41, 5.74) is 0.550. The summed E-state index contributed by atoms with van der Waals surface area (Å²) in [6.07, 6.45) is 0. The molecule has 5 nitrogen and oxygen atoms in total. The van der Waals surface area contributed by atoms with Crippen molar-refractivity contribution in [1.29, 1.82) is 0 Å². The van der Waals surface area contributed by atoms with Crippen molar-refractivity contribution in [3.8, 4) is 11.5 Å². The Bertz CT molecular complexity index is 468. The zero-order valence-electron chi connectivity index (χ0n) is 12.2. The molecule has 0 heterocycles. The molecule has 0 radical (unpaired) electrons. The van der Waals surface area contributed by atoms with Gasteiger partial charge in [0.05, 0.1) is 13.7 Å². The van der Waals surface area contributed by atoms with Gasteiger partial charge in [-0.3, -0.25) is 0 Å². The van der Waals surface area contributed by atoms with Gasteiger partial charge in [-0.2, -0.15) is 8.78 Å². The van der Waals surface area contributed by atoms with E-state index in [1.165, 1.54) is 25.3 Å². The summed E-state index contributed by atoms with van der Waals surface area (Å²) in [5.74, 6) is -0.389. The van der Waals surface area contributed by atoms with E-state index in [0.29, 0.717) is 12.1 Å². The molecule has 0 aliphatic carbocycles. The van der Waals surface area contributed by atoms with Crippen LogP contribution >= 0.6 is 0 Å². The van der Waals surface area contributed by atoms with Gasteiger partial charge < -0.3 is 19.5 Å². The Hall–Kier alpha value is -1.89. The number of benzene rings is 1. The predicted octanol–water partition coefficient (Wildman–Crippen LogP) is 2.51. The minimum Gasteiger partial charge on any atom is -0.490 e. The first kappa shape index (κ1) is 17.2. The fourth-order valence-corrected chi connectivity index (χ4v) is 1.83. The van der Waals surface area contributed by atoms with Crippen molar-refractivity contribution in [2.24, 2.45) is 0 Å². The van der Waals surface area contributed by atoms with Crippen LogP contribution in [0, 0.1) is 0 Å². The van der Waals surface area contributed by atoms with Gasteiger partial charge in [-0.15, -0.1) is 0 Å². The average Bonchev–Trinajstić information content (AvgIpc) is 2.45. The molecule has 1 aromatic carbocycles. The van der Waals surface area contributed by atoms with Gasteiger partial charge in [-0.05, 0) is 31.2 Å². The van der Waals surface area contributed by atoms with Gasteiger partial charge in [0, 0.05) is 0 Å². The van der Waals surface area contributed by atoms with Gasteiger partial charge in [0.1, 0.15) is 6.04 Å². The van der Waals surface area contributed by atoms with Crippen molar-refractivity contribution in [3.63, 3.8) is 0 Å². The molecule has 7 heteroatoms. The van der Waals surface area contributed by atoms with Crippen molar-refractivity contribution in [2.45, 2.75) is 26.5 Å². The molecule has 0 fully saturated rings. The second-order valence-corrected chi connectivity index (χ2v) is 4.03. The first-order valence-corrected chi connectivity index (χ1v) is 6.56. The van der Waals surface area contributed by atoms with E-state index in [9.17, 15) is 13.6 Å². The molecule has 1 unspecified atom stereocenters. The molecular formula is C14H19F2NO4. The fourth-order valence-electron chi connectivity index (χ4n) is 1.83. The normalized spacial score (nSPS) is 12.1. The third-order valence-electron chi connectivity index (χ3n) is 2.66. The standard InChI is InChI=1S/C14H19F2NO4/c1-4-17-12(13(18)19-3)9-6-7-10(21-14(15)16)11(8-9)20-5-2/h6-8,12,14,17H,4-5H2,1-3H3. The lowest BCUT2D eigenvalue weighted by atomic mass is 10.1. The topological polar surface area (TPSA) is 56.8 Å². The number of rotatable bonds is 8. The Morgan fingerprint density at radius 1 is 1.29 bits per heavy atom. The summed E-state index contributed by atoms with van der Waals surface area (Å²) >= 11 is 0. The highest BCUT2D eigenvalue weighted by Crippen LogP contribution is 2.32. The molecule has 118 valence electrons. The van der Waals surface area contributed by atoms with Crippen LogP contribution in [0.15, 0.2) is 18.2 Å². The van der Waals surface area contributed by atoms with E-state index in [1.54, 1.807) is 6.92 Å². The Balaban J connectivity index is 3.12. The number of hydrogen-bond acceptors (Lipinski definition) is 5. The van der Waals surface area contributed by atoms with E-state index in [4.69, 9.17) is 9.47 Å². The van der Waals surface area contributed by atoms with Crippen molar-refractivity contribution in [1.82, 2.24) is 5.32 Å². The first-order valence-electron chi connectivity index (χ1n) is 6.56. The Labute approximate surface area is 122 Å². The van der Waals surface area contributed by atoms with Gasteiger partial charge in [-0.25, -0.2) is 4.79 Å². The minimum atomic E-state index is -2.94. The Morgan fingerprint density at radius 2 is 2.00 bits per heavy atom. The number of halogens is 2. The van der Waals surface area contributed by atoms with Crippen LogP contribution in [0.2, 0.25) is 0 Å². The van der Waals surface area contributed by atoms with Crippen LogP contribution < -0.4 is 14.8 Å². The Morgan fingerprint density at radius 3 is 2.52 bits per heavy atom. The molecule has 0 aromatic heterocycles. The molecule has 21 heavy (non-hydrogen) atoms. The number of likely N-dealkylation sites (N-methyl/N-ethyl adjacent to an activating group) is 1. The predicted molar refractivity (Wildman–Crippen MR) is 72.7 cm³/mol. The summed E-state index contributed by atoms with van der Waals surface area (Å²) in [6.45, 7) is 1.45. The molecular weight excluding hydrogens is 284 g/mol. The van der Waals surface area contributed by atoms with E-state index in [-0.39, 0.29) is 18.1 Å². The maximum Gasteiger partial charge on any atom is 0.387 e. The zero-order valence-corrected chi connectivity index (χ0v) is 12.2.